The number of halogens is 1. The number of hydrogen-bond donors (Lipinski definition) is 0. The molecule has 0 N–H and O–H groups in total. The minimum atomic E-state index is -2.06. The zero-order chi connectivity index (χ0) is 11.3. The lowest BCUT2D eigenvalue weighted by atomic mass is 9.82. The summed E-state index contributed by atoms with van der Waals surface area (Å²) in [5.74, 6) is 0. The van der Waals surface area contributed by atoms with Crippen LogP contribution in [-0.4, -0.2) is 18.5 Å². The van der Waals surface area contributed by atoms with Crippen molar-refractivity contribution in [1.82, 2.24) is 0 Å². The second kappa shape index (κ2) is 6.13. The molecule has 0 aromatic heterocycles. The van der Waals surface area contributed by atoms with Gasteiger partial charge in [0.05, 0.1) is 12.7 Å². The van der Waals surface area contributed by atoms with Crippen molar-refractivity contribution in [1.29, 1.82) is 0 Å². The number of alkyl halides is 1. The number of ether oxygens (including phenoxy) is 1. The summed E-state index contributed by atoms with van der Waals surface area (Å²) < 4.78 is 5.32. The first-order valence-electron chi connectivity index (χ1n) is 4.72. The van der Waals surface area contributed by atoms with E-state index in [1.165, 1.54) is 0 Å². The van der Waals surface area contributed by atoms with E-state index in [9.17, 15) is 10.0 Å². The molecule has 0 fully saturated rings. The lowest BCUT2D eigenvalue weighted by Crippen LogP contribution is -2.56. The van der Waals surface area contributed by atoms with Gasteiger partial charge in [0.25, 0.3) is 0 Å². The molecule has 1 rings (SSSR count). The Kier molecular flexibility index (Phi) is 5.12. The van der Waals surface area contributed by atoms with Crippen LogP contribution in [0.3, 0.4) is 0 Å². The molecule has 2 atom stereocenters. The van der Waals surface area contributed by atoms with Crippen molar-refractivity contribution in [3.63, 3.8) is 0 Å². The van der Waals surface area contributed by atoms with Crippen molar-refractivity contribution in [3.05, 3.63) is 35.9 Å². The molecule has 1 aromatic rings. The molecule has 0 aliphatic heterocycles. The summed E-state index contributed by atoms with van der Waals surface area (Å²) in [4.78, 5) is 0. The first-order chi connectivity index (χ1) is 7.11. The Morgan fingerprint density at radius 3 is 2.47 bits per heavy atom. The van der Waals surface area contributed by atoms with Crippen LogP contribution >= 0.6 is 11.6 Å². The number of rotatable bonds is 5. The van der Waals surface area contributed by atoms with Gasteiger partial charge < -0.3 is 14.8 Å². The molecule has 5 heteroatoms. The van der Waals surface area contributed by atoms with E-state index in [-0.39, 0.29) is 0 Å². The van der Waals surface area contributed by atoms with Crippen molar-refractivity contribution < 1.29 is 14.8 Å². The molecule has 0 saturated heterocycles. The second-order valence-electron chi connectivity index (χ2n) is 3.31. The molecule has 0 bridgehead atoms. The van der Waals surface area contributed by atoms with E-state index in [2.05, 4.69) is 0 Å². The Bertz CT molecular complexity index is 281. The minimum Gasteiger partial charge on any atom is -0.892 e. The summed E-state index contributed by atoms with van der Waals surface area (Å²) in [5.41, 5.74) is 0.988. The predicted molar refractivity (Wildman–Crippen MR) is 56.1 cm³/mol. The van der Waals surface area contributed by atoms with Crippen LogP contribution in [0.4, 0.5) is 0 Å². The molecule has 0 aliphatic carbocycles. The summed E-state index contributed by atoms with van der Waals surface area (Å²) in [6.45, 7) is 1.99. The zero-order valence-corrected chi connectivity index (χ0v) is 9.18. The van der Waals surface area contributed by atoms with Crippen molar-refractivity contribution in [2.45, 2.75) is 24.9 Å². The van der Waals surface area contributed by atoms with Crippen LogP contribution < -0.4 is 10.0 Å². The molecule has 0 amide bonds. The fourth-order valence-electron chi connectivity index (χ4n) is 1.12. The molecule has 15 heavy (non-hydrogen) atoms. The minimum absolute atomic E-state index is 0.359. The van der Waals surface area contributed by atoms with Gasteiger partial charge in [0.15, 0.2) is 0 Å². The Labute approximate surface area is 94.8 Å². The van der Waals surface area contributed by atoms with Crippen LogP contribution in [0.1, 0.15) is 12.5 Å². The maximum Gasteiger partial charge on any atom is 0.0720 e. The van der Waals surface area contributed by atoms with Gasteiger partial charge in [-0.1, -0.05) is 37.5 Å². The van der Waals surface area contributed by atoms with E-state index in [1.54, 1.807) is 6.92 Å². The fourth-order valence-corrected chi connectivity index (χ4v) is 1.19. The SMILES string of the molecule is CC(OCc1ccccc1)C(Cl)B([O-])[O-]. The Hall–Kier alpha value is -0.545. The van der Waals surface area contributed by atoms with Gasteiger partial charge in [0, 0.05) is 0 Å². The third-order valence-corrected chi connectivity index (χ3v) is 2.62. The third-order valence-electron chi connectivity index (χ3n) is 2.06. The van der Waals surface area contributed by atoms with Gasteiger partial charge in [-0.3, -0.25) is 0 Å². The summed E-state index contributed by atoms with van der Waals surface area (Å²) in [7, 11) is -2.06. The highest BCUT2D eigenvalue weighted by atomic mass is 35.5. The van der Waals surface area contributed by atoms with E-state index < -0.39 is 18.5 Å². The topological polar surface area (TPSA) is 55.3 Å². The van der Waals surface area contributed by atoms with E-state index in [0.29, 0.717) is 6.61 Å². The smallest absolute Gasteiger partial charge is 0.0720 e. The highest BCUT2D eigenvalue weighted by molar-refractivity contribution is 6.55. The van der Waals surface area contributed by atoms with Crippen molar-refractivity contribution >= 4 is 18.7 Å². The lowest BCUT2D eigenvalue weighted by molar-refractivity contribution is -0.351. The van der Waals surface area contributed by atoms with Gasteiger partial charge in [-0.25, -0.2) is 0 Å². The number of benzene rings is 1. The fraction of sp³-hybridized carbons (Fsp3) is 0.400. The van der Waals surface area contributed by atoms with Gasteiger partial charge in [-0.2, -0.15) is 0 Å². The van der Waals surface area contributed by atoms with Crippen LogP contribution in [0.5, 0.6) is 0 Å². The maximum atomic E-state index is 10.5. The van der Waals surface area contributed by atoms with E-state index in [1.807, 2.05) is 30.3 Å². The standard InChI is InChI=1S/C10H12BClO3/c1-8(10(12)11(13)14)15-7-9-5-3-2-4-6-9/h2-6,8,10H,7H2,1H3/q-2. The molecular weight excluding hydrogens is 214 g/mol. The van der Waals surface area contributed by atoms with Gasteiger partial charge in [-0.15, -0.1) is 11.6 Å². The summed E-state index contributed by atoms with van der Waals surface area (Å²) >= 11 is 5.58. The van der Waals surface area contributed by atoms with Gasteiger partial charge in [0.1, 0.15) is 0 Å². The molecule has 0 radical (unpaired) electrons. The monoisotopic (exact) mass is 226 g/mol. The molecular formula is C10H12BClO3-2. The first kappa shape index (κ1) is 12.5. The highest BCUT2D eigenvalue weighted by Crippen LogP contribution is 2.09. The van der Waals surface area contributed by atoms with E-state index in [4.69, 9.17) is 16.3 Å². The Morgan fingerprint density at radius 1 is 1.33 bits per heavy atom. The van der Waals surface area contributed by atoms with Crippen molar-refractivity contribution in [2.75, 3.05) is 0 Å². The Balaban J connectivity index is 2.37. The Morgan fingerprint density at radius 2 is 1.93 bits per heavy atom. The molecule has 0 aliphatic rings. The zero-order valence-electron chi connectivity index (χ0n) is 8.43. The quantitative estimate of drug-likeness (QED) is 0.522. The van der Waals surface area contributed by atoms with Crippen LogP contribution in [0.15, 0.2) is 30.3 Å². The molecule has 82 valence electrons. The van der Waals surface area contributed by atoms with Crippen LogP contribution in [0.2, 0.25) is 0 Å². The van der Waals surface area contributed by atoms with Crippen LogP contribution in [0, 0.1) is 0 Å². The van der Waals surface area contributed by atoms with E-state index in [0.717, 1.165) is 5.56 Å². The molecule has 0 heterocycles. The van der Waals surface area contributed by atoms with Gasteiger partial charge >= 0.3 is 0 Å². The molecule has 1 aromatic carbocycles. The average molecular weight is 226 g/mol. The van der Waals surface area contributed by atoms with Gasteiger partial charge in [0.2, 0.25) is 0 Å². The summed E-state index contributed by atoms with van der Waals surface area (Å²) in [5, 5.41) is 20.0. The first-order valence-corrected chi connectivity index (χ1v) is 5.16. The summed E-state index contributed by atoms with van der Waals surface area (Å²) in [6, 6.07) is 9.50. The second-order valence-corrected chi connectivity index (χ2v) is 3.82. The molecule has 2 unspecified atom stereocenters. The predicted octanol–water partition coefficient (Wildman–Crippen LogP) is -0.0529. The normalized spacial score (nSPS) is 14.7. The molecule has 0 spiro atoms. The molecule has 3 nitrogen and oxygen atoms in total. The molecule has 0 saturated carbocycles. The third kappa shape index (κ3) is 4.22. The largest absolute Gasteiger partial charge is 0.892 e. The summed E-state index contributed by atoms with van der Waals surface area (Å²) in [6.07, 6.45) is -0.535. The van der Waals surface area contributed by atoms with Gasteiger partial charge in [-0.05, 0) is 17.8 Å². The highest BCUT2D eigenvalue weighted by Gasteiger charge is 2.11. The maximum absolute atomic E-state index is 10.5. The van der Waals surface area contributed by atoms with E-state index >= 15 is 0 Å². The van der Waals surface area contributed by atoms with Crippen LogP contribution in [-0.2, 0) is 11.3 Å². The van der Waals surface area contributed by atoms with Crippen LogP contribution in [0.25, 0.3) is 0 Å². The average Bonchev–Trinajstić information content (AvgIpc) is 2.26. The number of hydrogen-bond acceptors (Lipinski definition) is 3. The lowest BCUT2D eigenvalue weighted by Gasteiger charge is -2.35. The van der Waals surface area contributed by atoms with Crippen molar-refractivity contribution in [3.8, 4) is 0 Å². The van der Waals surface area contributed by atoms with Crippen molar-refractivity contribution in [2.24, 2.45) is 0 Å².